The van der Waals surface area contributed by atoms with E-state index in [2.05, 4.69) is 20.3 Å². The highest BCUT2D eigenvalue weighted by atomic mass is 35.5. The number of aromatic nitrogens is 3. The molecule has 0 saturated heterocycles. The van der Waals surface area contributed by atoms with Crippen molar-refractivity contribution in [1.29, 1.82) is 0 Å². The van der Waals surface area contributed by atoms with Crippen LogP contribution in [-0.2, 0) is 17.9 Å². The number of amides is 2. The predicted octanol–water partition coefficient (Wildman–Crippen LogP) is 3.44. The molecule has 176 valence electrons. The average molecular weight is 500 g/mol. The molecule has 1 saturated carbocycles. The van der Waals surface area contributed by atoms with Gasteiger partial charge in [0.25, 0.3) is 5.91 Å². The van der Waals surface area contributed by atoms with Crippen molar-refractivity contribution >= 4 is 39.9 Å². The maximum atomic E-state index is 13.2. The number of carbonyl (C=O) groups is 2. The van der Waals surface area contributed by atoms with Crippen LogP contribution in [0.5, 0.6) is 5.75 Å². The van der Waals surface area contributed by atoms with E-state index in [4.69, 9.17) is 16.3 Å². The van der Waals surface area contributed by atoms with Crippen molar-refractivity contribution in [2.75, 3.05) is 12.4 Å². The molecule has 0 radical (unpaired) electrons. The third-order valence-electron chi connectivity index (χ3n) is 6.08. The monoisotopic (exact) mass is 499 g/mol. The molecule has 3 aromatic rings. The van der Waals surface area contributed by atoms with E-state index >= 15 is 0 Å². The summed E-state index contributed by atoms with van der Waals surface area (Å²) in [7, 11) is 1.53. The van der Waals surface area contributed by atoms with E-state index in [9.17, 15) is 14.7 Å². The second-order valence-electron chi connectivity index (χ2n) is 8.44. The molecule has 5 rings (SSSR count). The molecule has 0 spiro atoms. The number of fused-ring (bicyclic) bond motifs is 1. The molecule has 1 aliphatic carbocycles. The zero-order valence-electron chi connectivity index (χ0n) is 18.5. The molecule has 3 aromatic heterocycles. The summed E-state index contributed by atoms with van der Waals surface area (Å²) in [5.41, 5.74) is 3.13. The molecule has 34 heavy (non-hydrogen) atoms. The van der Waals surface area contributed by atoms with Gasteiger partial charge >= 0.3 is 0 Å². The Balaban J connectivity index is 1.35. The number of thiazole rings is 1. The van der Waals surface area contributed by atoms with Crippen molar-refractivity contribution in [3.05, 3.63) is 51.5 Å². The number of nitrogens with one attached hydrogen (secondary N) is 1. The minimum Gasteiger partial charge on any atom is -0.494 e. The topological polar surface area (TPSA) is 118 Å². The maximum absolute atomic E-state index is 13.2. The predicted molar refractivity (Wildman–Crippen MR) is 127 cm³/mol. The minimum atomic E-state index is -0.366. The van der Waals surface area contributed by atoms with Crippen LogP contribution in [0.4, 0.5) is 5.13 Å². The Kier molecular flexibility index (Phi) is 5.97. The molecular formula is C23H22ClN5O4S. The van der Waals surface area contributed by atoms with Gasteiger partial charge in [-0.15, -0.1) is 0 Å². The molecule has 9 nitrogen and oxygen atoms in total. The summed E-state index contributed by atoms with van der Waals surface area (Å²) in [4.78, 5) is 41.4. The quantitative estimate of drug-likeness (QED) is 0.516. The number of hydrogen-bond acceptors (Lipinski definition) is 8. The summed E-state index contributed by atoms with van der Waals surface area (Å²) in [6.07, 6.45) is 3.71. The first-order chi connectivity index (χ1) is 16.3. The lowest BCUT2D eigenvalue weighted by molar-refractivity contribution is -0.143. The van der Waals surface area contributed by atoms with Gasteiger partial charge in [0, 0.05) is 28.9 Å². The van der Waals surface area contributed by atoms with Crippen molar-refractivity contribution in [3.8, 4) is 16.9 Å². The fraction of sp³-hybridized carbons (Fsp3) is 0.348. The number of aliphatic hydroxyl groups is 1. The first kappa shape index (κ1) is 22.7. The molecule has 1 fully saturated rings. The summed E-state index contributed by atoms with van der Waals surface area (Å²) in [6.45, 7) is 2.72. The second-order valence-corrected chi connectivity index (χ2v) is 9.91. The van der Waals surface area contributed by atoms with Crippen molar-refractivity contribution < 1.29 is 19.4 Å². The average Bonchev–Trinajstić information content (AvgIpc) is 3.35. The highest BCUT2D eigenvalue weighted by molar-refractivity contribution is 7.16. The van der Waals surface area contributed by atoms with Gasteiger partial charge in [-0.3, -0.25) is 19.9 Å². The number of aryl methyl sites for hydroxylation is 1. The van der Waals surface area contributed by atoms with E-state index < -0.39 is 0 Å². The van der Waals surface area contributed by atoms with Gasteiger partial charge in [0.1, 0.15) is 10.9 Å². The third-order valence-corrected chi connectivity index (χ3v) is 7.28. The highest BCUT2D eigenvalue weighted by Crippen LogP contribution is 2.37. The van der Waals surface area contributed by atoms with Crippen LogP contribution < -0.4 is 10.1 Å². The summed E-state index contributed by atoms with van der Waals surface area (Å²) in [5.74, 6) is 0.0815. The second kappa shape index (κ2) is 8.94. The largest absolute Gasteiger partial charge is 0.494 e. The van der Waals surface area contributed by atoms with Crippen molar-refractivity contribution in [2.45, 2.75) is 39.0 Å². The molecular weight excluding hydrogens is 478 g/mol. The lowest BCUT2D eigenvalue weighted by atomic mass is 9.81. The molecule has 2 N–H and O–H groups in total. The molecule has 2 amide bonds. The zero-order valence-corrected chi connectivity index (χ0v) is 20.1. The Bertz CT molecular complexity index is 1270. The number of nitrogens with zero attached hydrogens (tertiary/aromatic N) is 4. The van der Waals surface area contributed by atoms with E-state index in [1.54, 1.807) is 17.0 Å². The van der Waals surface area contributed by atoms with Crippen LogP contribution in [0.2, 0.25) is 5.15 Å². The lowest BCUT2D eigenvalue weighted by Gasteiger charge is -2.33. The summed E-state index contributed by atoms with van der Waals surface area (Å²) in [6, 6.07) is 3.45. The summed E-state index contributed by atoms with van der Waals surface area (Å²) < 4.78 is 5.42. The van der Waals surface area contributed by atoms with E-state index in [0.29, 0.717) is 53.5 Å². The van der Waals surface area contributed by atoms with Crippen LogP contribution in [0.25, 0.3) is 11.1 Å². The van der Waals surface area contributed by atoms with Gasteiger partial charge in [0.05, 0.1) is 48.6 Å². The molecule has 11 heteroatoms. The number of halogens is 1. The number of rotatable bonds is 5. The summed E-state index contributed by atoms with van der Waals surface area (Å²) >= 11 is 7.47. The SMILES string of the molecule is COc1cnc(Cl)cc1-c1cc(C)ncc1C(=O)Nc1nc2c(s1)CN(C(=O)C1CC(O)C1)C2. The van der Waals surface area contributed by atoms with Crippen LogP contribution >= 0.6 is 22.9 Å². The zero-order chi connectivity index (χ0) is 24.0. The minimum absolute atomic E-state index is 0.0569. The fourth-order valence-electron chi connectivity index (χ4n) is 4.22. The molecule has 0 aromatic carbocycles. The molecule has 0 atom stereocenters. The van der Waals surface area contributed by atoms with Crippen molar-refractivity contribution in [1.82, 2.24) is 19.9 Å². The first-order valence-corrected chi connectivity index (χ1v) is 11.9. The van der Waals surface area contributed by atoms with Crippen molar-refractivity contribution in [3.63, 3.8) is 0 Å². The van der Waals surface area contributed by atoms with Crippen LogP contribution in [-0.4, -0.2) is 50.0 Å². The van der Waals surface area contributed by atoms with E-state index in [1.165, 1.54) is 30.8 Å². The van der Waals surface area contributed by atoms with Gasteiger partial charge in [0.15, 0.2) is 5.13 Å². The lowest BCUT2D eigenvalue weighted by Crippen LogP contribution is -2.41. The van der Waals surface area contributed by atoms with Crippen LogP contribution in [0.1, 0.15) is 39.5 Å². The highest BCUT2D eigenvalue weighted by Gasteiger charge is 2.38. The van der Waals surface area contributed by atoms with Gasteiger partial charge < -0.3 is 14.7 Å². The Labute approximate surface area is 204 Å². The summed E-state index contributed by atoms with van der Waals surface area (Å²) in [5, 5.41) is 13.1. The van der Waals surface area contributed by atoms with Gasteiger partial charge in [0.2, 0.25) is 5.91 Å². The first-order valence-electron chi connectivity index (χ1n) is 10.8. The van der Waals surface area contributed by atoms with Crippen LogP contribution in [0.3, 0.4) is 0 Å². The Morgan fingerprint density at radius 2 is 2.00 bits per heavy atom. The number of anilines is 1. The Morgan fingerprint density at radius 3 is 2.71 bits per heavy atom. The molecule has 4 heterocycles. The van der Waals surface area contributed by atoms with Gasteiger partial charge in [-0.1, -0.05) is 22.9 Å². The molecule has 1 aliphatic heterocycles. The molecule has 0 unspecified atom stereocenters. The fourth-order valence-corrected chi connectivity index (χ4v) is 5.36. The Morgan fingerprint density at radius 1 is 1.21 bits per heavy atom. The third kappa shape index (κ3) is 4.24. The van der Waals surface area contributed by atoms with Crippen LogP contribution in [0.15, 0.2) is 24.5 Å². The number of hydrogen-bond donors (Lipinski definition) is 2. The number of aliphatic hydroxyl groups excluding tert-OH is 1. The van der Waals surface area contributed by atoms with Crippen LogP contribution in [0, 0.1) is 12.8 Å². The molecule has 0 bridgehead atoms. The van der Waals surface area contributed by atoms with Gasteiger partial charge in [-0.2, -0.15) is 0 Å². The van der Waals surface area contributed by atoms with Gasteiger partial charge in [-0.05, 0) is 31.9 Å². The van der Waals surface area contributed by atoms with E-state index in [1.807, 2.05) is 6.92 Å². The molecule has 2 aliphatic rings. The smallest absolute Gasteiger partial charge is 0.259 e. The number of ether oxygens (including phenoxy) is 1. The van der Waals surface area contributed by atoms with E-state index in [-0.39, 0.29) is 29.0 Å². The number of pyridine rings is 2. The number of carbonyl (C=O) groups excluding carboxylic acids is 2. The van der Waals surface area contributed by atoms with Crippen molar-refractivity contribution in [2.24, 2.45) is 5.92 Å². The standard InChI is InChI=1S/C23H22ClN5O4S/c1-11-3-14(15-6-20(24)26-8-18(15)33-2)16(7-25-11)21(31)28-23-27-17-9-29(10-19(17)34-23)22(32)12-4-13(30)5-12/h3,6-8,12-13,30H,4-5,9-10H2,1-2H3,(H,27,28,31). The number of methoxy groups -OCH3 is 1. The Hall–Kier alpha value is -3.08. The van der Waals surface area contributed by atoms with Gasteiger partial charge in [-0.25, -0.2) is 9.97 Å². The normalized spacial score (nSPS) is 18.9. The van der Waals surface area contributed by atoms with E-state index in [0.717, 1.165) is 16.3 Å². The maximum Gasteiger partial charge on any atom is 0.259 e.